The Morgan fingerprint density at radius 1 is 1.04 bits per heavy atom. The van der Waals surface area contributed by atoms with Crippen LogP contribution in [0.2, 0.25) is 0 Å². The van der Waals surface area contributed by atoms with Gasteiger partial charge in [-0.25, -0.2) is 4.79 Å². The van der Waals surface area contributed by atoms with Gasteiger partial charge in [0.25, 0.3) is 0 Å². The largest absolute Gasteiger partial charge is 0.465 e. The number of nitrogens with one attached hydrogen (secondary N) is 1. The zero-order chi connectivity index (χ0) is 19.4. The average Bonchev–Trinajstić information content (AvgIpc) is 2.73. The molecule has 0 saturated heterocycles. The fourth-order valence-corrected chi connectivity index (χ4v) is 2.57. The SMILES string of the molecule is COC(=O)c1cccc(N(C)c2ccc(-c3ccc(C(=N)N)cc3)nn2)c1. The van der Waals surface area contributed by atoms with Crippen LogP contribution in [0.1, 0.15) is 15.9 Å². The zero-order valence-corrected chi connectivity index (χ0v) is 15.0. The van der Waals surface area contributed by atoms with Crippen LogP contribution in [0.25, 0.3) is 11.3 Å². The number of methoxy groups -OCH3 is 1. The molecular formula is C20H19N5O2. The van der Waals surface area contributed by atoms with Crippen LogP contribution in [-0.2, 0) is 4.74 Å². The maximum atomic E-state index is 11.7. The van der Waals surface area contributed by atoms with Crippen molar-refractivity contribution in [2.45, 2.75) is 0 Å². The summed E-state index contributed by atoms with van der Waals surface area (Å²) >= 11 is 0. The van der Waals surface area contributed by atoms with E-state index in [1.54, 1.807) is 30.3 Å². The minimum Gasteiger partial charge on any atom is -0.465 e. The van der Waals surface area contributed by atoms with Crippen molar-refractivity contribution in [3.05, 3.63) is 71.8 Å². The van der Waals surface area contributed by atoms with Crippen LogP contribution in [0.5, 0.6) is 0 Å². The van der Waals surface area contributed by atoms with Crippen LogP contribution in [0, 0.1) is 5.41 Å². The summed E-state index contributed by atoms with van der Waals surface area (Å²) in [5.74, 6) is 0.278. The highest BCUT2D eigenvalue weighted by molar-refractivity contribution is 5.95. The highest BCUT2D eigenvalue weighted by atomic mass is 16.5. The number of nitrogens with two attached hydrogens (primary N) is 1. The molecule has 7 nitrogen and oxygen atoms in total. The summed E-state index contributed by atoms with van der Waals surface area (Å²) in [4.78, 5) is 13.5. The van der Waals surface area contributed by atoms with E-state index < -0.39 is 0 Å². The number of hydrogen-bond donors (Lipinski definition) is 2. The fourth-order valence-electron chi connectivity index (χ4n) is 2.57. The Bertz CT molecular complexity index is 968. The second-order valence-electron chi connectivity index (χ2n) is 5.87. The van der Waals surface area contributed by atoms with E-state index in [-0.39, 0.29) is 11.8 Å². The van der Waals surface area contributed by atoms with E-state index in [2.05, 4.69) is 10.2 Å². The molecule has 1 heterocycles. The first-order valence-electron chi connectivity index (χ1n) is 8.20. The predicted octanol–water partition coefficient (Wildman–Crippen LogP) is 2.98. The molecule has 1 aromatic heterocycles. The number of benzene rings is 2. The van der Waals surface area contributed by atoms with Crippen LogP contribution >= 0.6 is 0 Å². The van der Waals surface area contributed by atoms with Crippen LogP contribution in [-0.4, -0.2) is 36.2 Å². The van der Waals surface area contributed by atoms with Crippen LogP contribution < -0.4 is 10.6 Å². The summed E-state index contributed by atoms with van der Waals surface area (Å²) in [6, 6.07) is 18.1. The Labute approximate surface area is 156 Å². The number of nitrogen functional groups attached to an aromatic ring is 1. The standard InChI is InChI=1S/C20H19N5O2/c1-25(16-5-3-4-15(12-16)20(26)27-2)18-11-10-17(23-24-18)13-6-8-14(9-7-13)19(21)22/h3-12H,1-2H3,(H3,21,22). The maximum Gasteiger partial charge on any atom is 0.337 e. The molecule has 0 radical (unpaired) electrons. The van der Waals surface area contributed by atoms with Crippen LogP contribution in [0.4, 0.5) is 11.5 Å². The predicted molar refractivity (Wildman–Crippen MR) is 104 cm³/mol. The molecule has 0 aliphatic rings. The molecule has 136 valence electrons. The topological polar surface area (TPSA) is 105 Å². The number of carbonyl (C=O) groups excluding carboxylic acids is 1. The molecule has 3 N–H and O–H groups in total. The number of esters is 1. The maximum absolute atomic E-state index is 11.7. The Morgan fingerprint density at radius 3 is 2.37 bits per heavy atom. The van der Waals surface area contributed by atoms with Crippen molar-refractivity contribution in [1.82, 2.24) is 10.2 Å². The Kier molecular flexibility index (Phi) is 5.12. The van der Waals surface area contributed by atoms with Crippen molar-refractivity contribution in [2.24, 2.45) is 5.73 Å². The van der Waals surface area contributed by atoms with Gasteiger partial charge in [-0.3, -0.25) is 5.41 Å². The first-order valence-corrected chi connectivity index (χ1v) is 8.20. The summed E-state index contributed by atoms with van der Waals surface area (Å²) in [6.45, 7) is 0. The van der Waals surface area contributed by atoms with E-state index in [0.717, 1.165) is 11.3 Å². The molecule has 0 fully saturated rings. The Hall–Kier alpha value is -3.74. The number of anilines is 2. The smallest absolute Gasteiger partial charge is 0.337 e. The van der Waals surface area contributed by atoms with E-state index in [9.17, 15) is 4.79 Å². The van der Waals surface area contributed by atoms with Gasteiger partial charge in [-0.15, -0.1) is 10.2 Å². The lowest BCUT2D eigenvalue weighted by molar-refractivity contribution is 0.0601. The Morgan fingerprint density at radius 2 is 1.78 bits per heavy atom. The number of ether oxygens (including phenoxy) is 1. The zero-order valence-electron chi connectivity index (χ0n) is 15.0. The van der Waals surface area contributed by atoms with Gasteiger partial charge in [0.05, 0.1) is 18.4 Å². The van der Waals surface area contributed by atoms with Gasteiger partial charge in [-0.2, -0.15) is 0 Å². The van der Waals surface area contributed by atoms with E-state index in [4.69, 9.17) is 15.9 Å². The van der Waals surface area contributed by atoms with E-state index >= 15 is 0 Å². The summed E-state index contributed by atoms with van der Waals surface area (Å²) in [5.41, 5.74) is 8.99. The van der Waals surface area contributed by atoms with Gasteiger partial charge in [0.1, 0.15) is 5.84 Å². The molecule has 7 heteroatoms. The van der Waals surface area contributed by atoms with E-state index in [1.165, 1.54) is 7.11 Å². The monoisotopic (exact) mass is 361 g/mol. The number of hydrogen-bond acceptors (Lipinski definition) is 6. The lowest BCUT2D eigenvalue weighted by atomic mass is 10.1. The van der Waals surface area contributed by atoms with Crippen molar-refractivity contribution in [1.29, 1.82) is 5.41 Å². The van der Waals surface area contributed by atoms with Gasteiger partial charge in [0.2, 0.25) is 0 Å². The number of amidine groups is 1. The number of aromatic nitrogens is 2. The second-order valence-corrected chi connectivity index (χ2v) is 5.87. The molecule has 0 bridgehead atoms. The number of rotatable bonds is 5. The first-order chi connectivity index (χ1) is 13.0. The van der Waals surface area contributed by atoms with Crippen molar-refractivity contribution < 1.29 is 9.53 Å². The van der Waals surface area contributed by atoms with Gasteiger partial charge in [-0.05, 0) is 30.3 Å². The molecule has 0 amide bonds. The molecule has 0 spiro atoms. The van der Waals surface area contributed by atoms with Gasteiger partial charge in [-0.1, -0.05) is 30.3 Å². The van der Waals surface area contributed by atoms with Crippen molar-refractivity contribution >= 4 is 23.3 Å². The molecule has 0 aliphatic carbocycles. The minimum absolute atomic E-state index is 0.0267. The van der Waals surface area contributed by atoms with Gasteiger partial charge >= 0.3 is 5.97 Å². The van der Waals surface area contributed by atoms with Crippen LogP contribution in [0.15, 0.2) is 60.7 Å². The van der Waals surface area contributed by atoms with Gasteiger partial charge < -0.3 is 15.4 Å². The normalized spacial score (nSPS) is 10.3. The minimum atomic E-state index is -0.388. The summed E-state index contributed by atoms with van der Waals surface area (Å²) in [7, 11) is 3.20. The molecule has 2 aromatic carbocycles. The number of nitrogens with zero attached hydrogens (tertiary/aromatic N) is 3. The van der Waals surface area contributed by atoms with Crippen molar-refractivity contribution in [2.75, 3.05) is 19.1 Å². The molecule has 27 heavy (non-hydrogen) atoms. The third kappa shape index (κ3) is 3.92. The molecule has 0 unspecified atom stereocenters. The van der Waals surface area contributed by atoms with E-state index in [1.807, 2.05) is 42.3 Å². The van der Waals surface area contributed by atoms with Crippen molar-refractivity contribution in [3.63, 3.8) is 0 Å². The van der Waals surface area contributed by atoms with E-state index in [0.29, 0.717) is 22.6 Å². The Balaban J connectivity index is 1.82. The molecule has 3 rings (SSSR count). The molecule has 0 atom stereocenters. The molecule has 0 aliphatic heterocycles. The summed E-state index contributed by atoms with van der Waals surface area (Å²) in [5, 5.41) is 16.0. The van der Waals surface area contributed by atoms with Gasteiger partial charge in [0, 0.05) is 23.9 Å². The lowest BCUT2D eigenvalue weighted by Crippen LogP contribution is -2.13. The van der Waals surface area contributed by atoms with Crippen LogP contribution in [0.3, 0.4) is 0 Å². The highest BCUT2D eigenvalue weighted by Gasteiger charge is 2.11. The number of carbonyl (C=O) groups is 1. The van der Waals surface area contributed by atoms with Crippen molar-refractivity contribution in [3.8, 4) is 11.3 Å². The average molecular weight is 361 g/mol. The highest BCUT2D eigenvalue weighted by Crippen LogP contribution is 2.24. The lowest BCUT2D eigenvalue weighted by Gasteiger charge is -2.18. The third-order valence-electron chi connectivity index (χ3n) is 4.14. The quantitative estimate of drug-likeness (QED) is 0.411. The second kappa shape index (κ2) is 7.65. The molecule has 0 saturated carbocycles. The third-order valence-corrected chi connectivity index (χ3v) is 4.14. The summed E-state index contributed by atoms with van der Waals surface area (Å²) < 4.78 is 4.76. The molecular weight excluding hydrogens is 342 g/mol. The molecule has 3 aromatic rings. The first kappa shape index (κ1) is 18.1. The summed E-state index contributed by atoms with van der Waals surface area (Å²) in [6.07, 6.45) is 0. The van der Waals surface area contributed by atoms with Gasteiger partial charge in [0.15, 0.2) is 5.82 Å². The fraction of sp³-hybridized carbons (Fsp3) is 0.100.